The molecule has 0 aromatic heterocycles. The third-order valence-electron chi connectivity index (χ3n) is 5.51. The minimum Gasteiger partial charge on any atom is -0.359 e. The summed E-state index contributed by atoms with van der Waals surface area (Å²) in [5.74, 6) is 0.993. The summed E-state index contributed by atoms with van der Waals surface area (Å²) in [7, 11) is 1.68. The fraction of sp³-hybridized carbons (Fsp3) is 0.650. The Morgan fingerprint density at radius 3 is 2.79 bits per heavy atom. The van der Waals surface area contributed by atoms with E-state index in [1.54, 1.807) is 7.05 Å². The molecule has 3 atom stereocenters. The summed E-state index contributed by atoms with van der Waals surface area (Å²) >= 11 is 0. The Bertz CT molecular complexity index is 515. The Morgan fingerprint density at radius 2 is 2.12 bits per heavy atom. The van der Waals surface area contributed by atoms with Crippen molar-refractivity contribution in [2.75, 3.05) is 26.7 Å². The lowest BCUT2D eigenvalue weighted by atomic mass is 9.78. The summed E-state index contributed by atoms with van der Waals surface area (Å²) in [4.78, 5) is 14.2. The monoisotopic (exact) mass is 331 g/mol. The maximum absolute atomic E-state index is 11.7. The van der Waals surface area contributed by atoms with Gasteiger partial charge >= 0.3 is 0 Å². The zero-order valence-corrected chi connectivity index (χ0v) is 15.4. The molecule has 0 saturated carbocycles. The van der Waals surface area contributed by atoms with Crippen molar-refractivity contribution in [3.63, 3.8) is 0 Å². The molecule has 2 rings (SSSR count). The summed E-state index contributed by atoms with van der Waals surface area (Å²) in [6.07, 6.45) is 3.86. The largest absolute Gasteiger partial charge is 0.359 e. The van der Waals surface area contributed by atoms with E-state index >= 15 is 0 Å². The second-order valence-electron chi connectivity index (χ2n) is 7.60. The average molecular weight is 332 g/mol. The number of nitrogens with two attached hydrogens (primary N) is 1. The third kappa shape index (κ3) is 5.32. The van der Waals surface area contributed by atoms with Crippen LogP contribution in [-0.2, 0) is 4.79 Å². The Morgan fingerprint density at radius 1 is 1.42 bits per heavy atom. The molecule has 0 bridgehead atoms. The van der Waals surface area contributed by atoms with Crippen molar-refractivity contribution in [1.29, 1.82) is 0 Å². The van der Waals surface area contributed by atoms with Gasteiger partial charge < -0.3 is 16.0 Å². The summed E-state index contributed by atoms with van der Waals surface area (Å²) in [6, 6.07) is 10.7. The zero-order chi connectivity index (χ0) is 17.6. The lowest BCUT2D eigenvalue weighted by Gasteiger charge is -2.41. The van der Waals surface area contributed by atoms with Gasteiger partial charge in [0.15, 0.2) is 0 Å². The van der Waals surface area contributed by atoms with Crippen molar-refractivity contribution in [2.24, 2.45) is 11.7 Å². The quantitative estimate of drug-likeness (QED) is 0.808. The molecule has 134 valence electrons. The number of carbonyl (C=O) groups excluding carboxylic acids is 1. The van der Waals surface area contributed by atoms with Gasteiger partial charge in [-0.1, -0.05) is 37.3 Å². The van der Waals surface area contributed by atoms with E-state index in [1.165, 1.54) is 12.0 Å². The van der Waals surface area contributed by atoms with Crippen molar-refractivity contribution in [3.8, 4) is 0 Å². The Balaban J connectivity index is 1.85. The van der Waals surface area contributed by atoms with Crippen molar-refractivity contribution >= 4 is 5.91 Å². The van der Waals surface area contributed by atoms with Crippen LogP contribution in [0.2, 0.25) is 0 Å². The molecule has 3 N–H and O–H groups in total. The van der Waals surface area contributed by atoms with E-state index < -0.39 is 5.54 Å². The molecule has 0 aliphatic carbocycles. The highest BCUT2D eigenvalue weighted by molar-refractivity contribution is 5.76. The molecule has 0 spiro atoms. The fourth-order valence-electron chi connectivity index (χ4n) is 3.70. The van der Waals surface area contributed by atoms with Crippen LogP contribution in [-0.4, -0.2) is 43.0 Å². The number of carbonyl (C=O) groups is 1. The van der Waals surface area contributed by atoms with Gasteiger partial charge in [-0.3, -0.25) is 4.79 Å². The number of nitrogens with one attached hydrogen (secondary N) is 1. The molecule has 4 heteroatoms. The van der Waals surface area contributed by atoms with Crippen LogP contribution >= 0.6 is 0 Å². The van der Waals surface area contributed by atoms with Crippen LogP contribution in [0.4, 0.5) is 0 Å². The number of nitrogens with zero attached hydrogens (tertiary/aromatic N) is 1. The van der Waals surface area contributed by atoms with Gasteiger partial charge in [0.1, 0.15) is 0 Å². The summed E-state index contributed by atoms with van der Waals surface area (Å²) in [5.41, 5.74) is 7.47. The number of piperidine rings is 1. The van der Waals surface area contributed by atoms with Gasteiger partial charge in [-0.25, -0.2) is 0 Å². The highest BCUT2D eigenvalue weighted by Gasteiger charge is 2.35. The van der Waals surface area contributed by atoms with E-state index in [0.29, 0.717) is 18.3 Å². The molecule has 0 radical (unpaired) electrons. The number of amides is 1. The number of likely N-dealkylation sites (tertiary alicyclic amines) is 1. The summed E-state index contributed by atoms with van der Waals surface area (Å²) in [5, 5.41) is 2.70. The molecule has 1 aliphatic rings. The fourth-order valence-corrected chi connectivity index (χ4v) is 3.70. The number of benzene rings is 1. The lowest BCUT2D eigenvalue weighted by molar-refractivity contribution is -0.122. The molecule has 1 aromatic carbocycles. The maximum Gasteiger partial charge on any atom is 0.221 e. The normalized spacial score (nSPS) is 22.6. The number of rotatable bonds is 7. The second-order valence-corrected chi connectivity index (χ2v) is 7.60. The van der Waals surface area contributed by atoms with E-state index in [2.05, 4.69) is 47.5 Å². The molecule has 1 fully saturated rings. The van der Waals surface area contributed by atoms with E-state index in [0.717, 1.165) is 32.5 Å². The molecule has 1 heterocycles. The number of hydrogen-bond donors (Lipinski definition) is 2. The first-order chi connectivity index (χ1) is 11.4. The van der Waals surface area contributed by atoms with Crippen LogP contribution in [0.3, 0.4) is 0 Å². The first-order valence-corrected chi connectivity index (χ1v) is 9.19. The van der Waals surface area contributed by atoms with Crippen molar-refractivity contribution < 1.29 is 4.79 Å². The van der Waals surface area contributed by atoms with E-state index in [4.69, 9.17) is 5.73 Å². The van der Waals surface area contributed by atoms with E-state index in [-0.39, 0.29) is 5.91 Å². The Kier molecular flexibility index (Phi) is 6.81. The van der Waals surface area contributed by atoms with E-state index in [9.17, 15) is 4.79 Å². The zero-order valence-electron chi connectivity index (χ0n) is 15.4. The predicted molar refractivity (Wildman–Crippen MR) is 99.9 cm³/mol. The summed E-state index contributed by atoms with van der Waals surface area (Å²) in [6.45, 7) is 7.58. The molecule has 1 aromatic rings. The third-order valence-corrected chi connectivity index (χ3v) is 5.51. The van der Waals surface area contributed by atoms with Crippen molar-refractivity contribution in [2.45, 2.75) is 51.0 Å². The van der Waals surface area contributed by atoms with Gasteiger partial charge in [0.05, 0.1) is 0 Å². The first-order valence-electron chi connectivity index (χ1n) is 9.19. The molecule has 2 unspecified atom stereocenters. The minimum atomic E-state index is -0.427. The van der Waals surface area contributed by atoms with E-state index in [1.807, 2.05) is 6.92 Å². The minimum absolute atomic E-state index is 0.0369. The topological polar surface area (TPSA) is 58.4 Å². The van der Waals surface area contributed by atoms with Gasteiger partial charge in [0.2, 0.25) is 5.91 Å². The van der Waals surface area contributed by atoms with Crippen LogP contribution < -0.4 is 11.1 Å². The van der Waals surface area contributed by atoms with Crippen molar-refractivity contribution in [3.05, 3.63) is 35.9 Å². The average Bonchev–Trinajstić information content (AvgIpc) is 2.60. The van der Waals surface area contributed by atoms with Crippen LogP contribution in [0, 0.1) is 5.92 Å². The molecular formula is C20H33N3O. The van der Waals surface area contributed by atoms with Gasteiger partial charge in [0, 0.05) is 25.6 Å². The SMILES string of the molecule is CNC(=O)C[C@](C)(N)C1CCCN(CCC(C)c2ccccc2)C1. The molecule has 1 saturated heterocycles. The van der Waals surface area contributed by atoms with Crippen LogP contribution in [0.5, 0.6) is 0 Å². The van der Waals surface area contributed by atoms with Gasteiger partial charge in [-0.2, -0.15) is 0 Å². The highest BCUT2D eigenvalue weighted by atomic mass is 16.1. The first kappa shape index (κ1) is 18.9. The molecule has 1 aliphatic heterocycles. The number of hydrogen-bond acceptors (Lipinski definition) is 3. The van der Waals surface area contributed by atoms with Gasteiger partial charge in [0.25, 0.3) is 0 Å². The van der Waals surface area contributed by atoms with Gasteiger partial charge in [-0.15, -0.1) is 0 Å². The highest BCUT2D eigenvalue weighted by Crippen LogP contribution is 2.29. The maximum atomic E-state index is 11.7. The second kappa shape index (κ2) is 8.63. The smallest absolute Gasteiger partial charge is 0.221 e. The Labute approximate surface area is 146 Å². The van der Waals surface area contributed by atoms with Crippen LogP contribution in [0.15, 0.2) is 30.3 Å². The summed E-state index contributed by atoms with van der Waals surface area (Å²) < 4.78 is 0. The van der Waals surface area contributed by atoms with Gasteiger partial charge in [-0.05, 0) is 56.7 Å². The van der Waals surface area contributed by atoms with Crippen LogP contribution in [0.25, 0.3) is 0 Å². The Hall–Kier alpha value is -1.39. The lowest BCUT2D eigenvalue weighted by Crippen LogP contribution is -2.53. The molecule has 1 amide bonds. The standard InChI is InChI=1S/C20H33N3O/c1-16(17-8-5-4-6-9-17)11-13-23-12-7-10-18(15-23)20(2,21)14-19(24)22-3/h4-6,8-9,16,18H,7,10-15,21H2,1-3H3,(H,22,24)/t16?,18?,20-/m0/s1. The predicted octanol–water partition coefficient (Wildman–Crippen LogP) is 2.75. The molecule has 4 nitrogen and oxygen atoms in total. The van der Waals surface area contributed by atoms with Crippen molar-refractivity contribution in [1.82, 2.24) is 10.2 Å². The van der Waals surface area contributed by atoms with Crippen LogP contribution in [0.1, 0.15) is 51.0 Å². The molecular weight excluding hydrogens is 298 g/mol. The molecule has 24 heavy (non-hydrogen) atoms.